The molecule has 1 aromatic rings. The molecule has 0 saturated carbocycles. The number of halogens is 1. The molecule has 0 aromatic carbocycles. The van der Waals surface area contributed by atoms with E-state index >= 15 is 0 Å². The van der Waals surface area contributed by atoms with Crippen molar-refractivity contribution in [2.45, 2.75) is 19.4 Å². The lowest BCUT2D eigenvalue weighted by atomic mass is 10.0. The first kappa shape index (κ1) is 12.0. The first-order valence-electron chi connectivity index (χ1n) is 5.21. The van der Waals surface area contributed by atoms with Crippen molar-refractivity contribution in [3.05, 3.63) is 15.0 Å². The van der Waals surface area contributed by atoms with E-state index in [0.29, 0.717) is 13.2 Å². The quantitative estimate of drug-likeness (QED) is 0.928. The van der Waals surface area contributed by atoms with Crippen LogP contribution in [0.5, 0.6) is 0 Å². The largest absolute Gasteiger partial charge is 0.381 e. The molecular formula is C10H13BrN2O2S. The van der Waals surface area contributed by atoms with Gasteiger partial charge in [-0.1, -0.05) is 0 Å². The highest BCUT2D eigenvalue weighted by Gasteiger charge is 2.21. The van der Waals surface area contributed by atoms with Crippen molar-refractivity contribution >= 4 is 33.2 Å². The number of rotatable bonds is 3. The number of hydrogen-bond acceptors (Lipinski definition) is 4. The highest BCUT2D eigenvalue weighted by molar-refractivity contribution is 9.11. The summed E-state index contributed by atoms with van der Waals surface area (Å²) in [7, 11) is 0. The Hall–Kier alpha value is -0.460. The average molecular weight is 305 g/mol. The van der Waals surface area contributed by atoms with E-state index in [1.54, 1.807) is 6.20 Å². The molecule has 1 aliphatic rings. The van der Waals surface area contributed by atoms with Crippen molar-refractivity contribution in [3.63, 3.8) is 0 Å². The number of aromatic nitrogens is 1. The average Bonchev–Trinajstić information content (AvgIpc) is 2.73. The minimum atomic E-state index is 0.0113. The topological polar surface area (TPSA) is 51.2 Å². The van der Waals surface area contributed by atoms with E-state index in [0.717, 1.165) is 28.2 Å². The Labute approximate surface area is 107 Å². The maximum absolute atomic E-state index is 11.8. The third-order valence-electron chi connectivity index (χ3n) is 2.47. The highest BCUT2D eigenvalue weighted by Crippen LogP contribution is 2.19. The van der Waals surface area contributed by atoms with Crippen LogP contribution in [-0.2, 0) is 16.1 Å². The van der Waals surface area contributed by atoms with Gasteiger partial charge in [0.15, 0.2) is 0 Å². The summed E-state index contributed by atoms with van der Waals surface area (Å²) in [5.41, 5.74) is 0. The lowest BCUT2D eigenvalue weighted by Gasteiger charge is -2.20. The summed E-state index contributed by atoms with van der Waals surface area (Å²) in [6.45, 7) is 1.84. The predicted molar refractivity (Wildman–Crippen MR) is 65.2 cm³/mol. The maximum Gasteiger partial charge on any atom is 0.225 e. The van der Waals surface area contributed by atoms with Crippen LogP contribution < -0.4 is 5.32 Å². The first-order valence-corrected chi connectivity index (χ1v) is 6.82. The lowest BCUT2D eigenvalue weighted by Crippen LogP contribution is -2.35. The molecule has 1 N–H and O–H groups in total. The molecule has 1 fully saturated rings. The van der Waals surface area contributed by atoms with Crippen LogP contribution in [0, 0.1) is 5.92 Å². The monoisotopic (exact) mass is 304 g/mol. The number of hydrogen-bond donors (Lipinski definition) is 1. The van der Waals surface area contributed by atoms with Crippen molar-refractivity contribution in [1.29, 1.82) is 0 Å². The van der Waals surface area contributed by atoms with Crippen molar-refractivity contribution in [2.24, 2.45) is 5.92 Å². The van der Waals surface area contributed by atoms with Gasteiger partial charge in [0.05, 0.1) is 29.1 Å². The zero-order valence-electron chi connectivity index (χ0n) is 8.74. The van der Waals surface area contributed by atoms with Crippen LogP contribution in [0.25, 0.3) is 0 Å². The van der Waals surface area contributed by atoms with Gasteiger partial charge in [-0.3, -0.25) is 4.79 Å². The van der Waals surface area contributed by atoms with E-state index in [1.165, 1.54) is 11.3 Å². The number of nitrogens with one attached hydrogen (secondary N) is 1. The van der Waals surface area contributed by atoms with Gasteiger partial charge >= 0.3 is 0 Å². The van der Waals surface area contributed by atoms with E-state index in [2.05, 4.69) is 26.2 Å². The van der Waals surface area contributed by atoms with Crippen LogP contribution in [0.1, 0.15) is 17.8 Å². The Balaban J connectivity index is 1.78. The van der Waals surface area contributed by atoms with E-state index in [-0.39, 0.29) is 11.8 Å². The second kappa shape index (κ2) is 5.75. The summed E-state index contributed by atoms with van der Waals surface area (Å²) in [4.78, 5) is 15.9. The zero-order valence-corrected chi connectivity index (χ0v) is 11.1. The maximum atomic E-state index is 11.8. The normalized spacial score (nSPS) is 20.7. The summed E-state index contributed by atoms with van der Waals surface area (Å²) >= 11 is 4.88. The Morgan fingerprint density at radius 2 is 2.62 bits per heavy atom. The third kappa shape index (κ3) is 3.26. The highest BCUT2D eigenvalue weighted by atomic mass is 79.9. The van der Waals surface area contributed by atoms with Crippen molar-refractivity contribution < 1.29 is 9.53 Å². The molecule has 2 rings (SSSR count). The fraction of sp³-hybridized carbons (Fsp3) is 0.600. The number of amides is 1. The van der Waals surface area contributed by atoms with Gasteiger partial charge in [0.25, 0.3) is 0 Å². The van der Waals surface area contributed by atoms with Gasteiger partial charge in [-0.05, 0) is 28.8 Å². The molecule has 1 amide bonds. The van der Waals surface area contributed by atoms with Gasteiger partial charge in [-0.2, -0.15) is 0 Å². The Morgan fingerprint density at radius 1 is 1.75 bits per heavy atom. The minimum Gasteiger partial charge on any atom is -0.381 e. The molecule has 0 radical (unpaired) electrons. The zero-order chi connectivity index (χ0) is 11.4. The van der Waals surface area contributed by atoms with E-state index in [4.69, 9.17) is 4.74 Å². The van der Waals surface area contributed by atoms with Crippen LogP contribution >= 0.6 is 27.3 Å². The molecule has 88 valence electrons. The van der Waals surface area contributed by atoms with Gasteiger partial charge < -0.3 is 10.1 Å². The van der Waals surface area contributed by atoms with Crippen molar-refractivity contribution in [3.8, 4) is 0 Å². The van der Waals surface area contributed by atoms with Gasteiger partial charge in [0.1, 0.15) is 5.01 Å². The molecule has 0 bridgehead atoms. The number of carbonyl (C=O) groups excluding carboxylic acids is 1. The SMILES string of the molecule is O=C(NCc1ncc(Br)s1)C1CCCOC1. The van der Waals surface area contributed by atoms with Crippen molar-refractivity contribution in [1.82, 2.24) is 10.3 Å². The Bertz CT molecular complexity index is 363. The Kier molecular flexibility index (Phi) is 4.31. The molecule has 6 heteroatoms. The molecule has 4 nitrogen and oxygen atoms in total. The molecular weight excluding hydrogens is 292 g/mol. The van der Waals surface area contributed by atoms with Crippen LogP contribution in [0.3, 0.4) is 0 Å². The molecule has 0 aliphatic carbocycles. The van der Waals surface area contributed by atoms with Crippen LogP contribution in [0.2, 0.25) is 0 Å². The molecule has 0 spiro atoms. The fourth-order valence-electron chi connectivity index (χ4n) is 1.62. The van der Waals surface area contributed by atoms with Gasteiger partial charge in [0.2, 0.25) is 5.91 Å². The van der Waals surface area contributed by atoms with Crippen LogP contribution in [0.15, 0.2) is 9.98 Å². The minimum absolute atomic E-state index is 0.0113. The molecule has 1 atom stereocenters. The van der Waals surface area contributed by atoms with E-state index < -0.39 is 0 Å². The molecule has 1 aliphatic heterocycles. The van der Waals surface area contributed by atoms with Crippen LogP contribution in [-0.4, -0.2) is 24.1 Å². The molecule has 16 heavy (non-hydrogen) atoms. The van der Waals surface area contributed by atoms with Crippen molar-refractivity contribution in [2.75, 3.05) is 13.2 Å². The third-order valence-corrected chi connectivity index (χ3v) is 3.95. The fourth-order valence-corrected chi connectivity index (χ4v) is 2.87. The predicted octanol–water partition coefficient (Wildman–Crippen LogP) is 1.95. The molecule has 1 saturated heterocycles. The van der Waals surface area contributed by atoms with E-state index in [9.17, 15) is 4.79 Å². The molecule has 2 heterocycles. The Morgan fingerprint density at radius 3 is 3.25 bits per heavy atom. The summed E-state index contributed by atoms with van der Waals surface area (Å²) in [5, 5.41) is 3.80. The van der Waals surface area contributed by atoms with Gasteiger partial charge in [-0.25, -0.2) is 4.98 Å². The smallest absolute Gasteiger partial charge is 0.225 e. The molecule has 1 unspecified atom stereocenters. The summed E-state index contributed by atoms with van der Waals surface area (Å²) in [6.07, 6.45) is 3.64. The second-order valence-corrected chi connectivity index (χ2v) is 6.18. The number of carbonyl (C=O) groups is 1. The lowest BCUT2D eigenvalue weighted by molar-refractivity contribution is -0.129. The number of ether oxygens (including phenoxy) is 1. The second-order valence-electron chi connectivity index (χ2n) is 3.69. The summed E-state index contributed by atoms with van der Waals surface area (Å²) in [6, 6.07) is 0. The van der Waals surface area contributed by atoms with Gasteiger partial charge in [0, 0.05) is 6.61 Å². The summed E-state index contributed by atoms with van der Waals surface area (Å²) < 4.78 is 6.26. The van der Waals surface area contributed by atoms with E-state index in [1.807, 2.05) is 0 Å². The van der Waals surface area contributed by atoms with Gasteiger partial charge in [-0.15, -0.1) is 11.3 Å². The number of nitrogens with zero attached hydrogens (tertiary/aromatic N) is 1. The summed E-state index contributed by atoms with van der Waals surface area (Å²) in [5.74, 6) is 0.0863. The standard InChI is InChI=1S/C10H13BrN2O2S/c11-8-4-12-9(16-8)5-13-10(14)7-2-1-3-15-6-7/h4,7H,1-3,5-6H2,(H,13,14). The number of thiazole rings is 1. The molecule has 1 aromatic heterocycles. The van der Waals surface area contributed by atoms with Crippen LogP contribution in [0.4, 0.5) is 0 Å². The first-order chi connectivity index (χ1) is 7.75.